The van der Waals surface area contributed by atoms with Gasteiger partial charge < -0.3 is 24.8 Å². The Morgan fingerprint density at radius 1 is 1.15 bits per heavy atom. The van der Waals surface area contributed by atoms with E-state index < -0.39 is 59.1 Å². The quantitative estimate of drug-likeness (QED) is 0.218. The molecule has 2 aliphatic rings. The molecule has 47 heavy (non-hydrogen) atoms. The van der Waals surface area contributed by atoms with E-state index in [2.05, 4.69) is 31.6 Å². The SMILES string of the molecule is COC(=O)c1cc([C@@H](COC(=O)NC2CC2)N2C(=O)[C@@](CC(C)(C)C)(c3ccc(Br)cc3F)NC2=NC(=O)OC(C)(C)C)ccc1Cl. The lowest BCUT2D eigenvalue weighted by Crippen LogP contribution is -2.48. The highest BCUT2D eigenvalue weighted by atomic mass is 79.9. The first-order valence-corrected chi connectivity index (χ1v) is 16.2. The standard InChI is InChI=1S/C33H39BrClFN4O7/c1-31(2,3)17-33(22-12-9-19(34)15-24(22)36)27(42)40(28(39-33)38-30(44)47-32(4,5)6)25(16-46-29(43)37-20-10-11-20)18-8-13-23(35)21(14-18)26(41)45-7/h8-9,12-15,20,25H,10-11,16-17H2,1-7H3,(H,37,43)(H,38,39,44)/t25-,33-/m1/s1. The number of hydrogen-bond donors (Lipinski definition) is 2. The van der Waals surface area contributed by atoms with Gasteiger partial charge in [-0.3, -0.25) is 9.69 Å². The van der Waals surface area contributed by atoms with E-state index in [0.29, 0.717) is 10.0 Å². The third-order valence-electron chi connectivity index (χ3n) is 7.28. The van der Waals surface area contributed by atoms with E-state index >= 15 is 4.39 Å². The molecule has 1 saturated carbocycles. The normalized spacial score (nSPS) is 19.7. The number of esters is 1. The van der Waals surface area contributed by atoms with Crippen LogP contribution in [0.1, 0.15) is 88.3 Å². The summed E-state index contributed by atoms with van der Waals surface area (Å²) < 4.78 is 32.3. The van der Waals surface area contributed by atoms with Crippen LogP contribution in [0.15, 0.2) is 45.9 Å². The van der Waals surface area contributed by atoms with Gasteiger partial charge in [-0.15, -0.1) is 4.99 Å². The van der Waals surface area contributed by atoms with Gasteiger partial charge in [0.25, 0.3) is 5.91 Å². The van der Waals surface area contributed by atoms with Crippen molar-refractivity contribution in [3.05, 3.63) is 68.4 Å². The van der Waals surface area contributed by atoms with Crippen LogP contribution < -0.4 is 10.6 Å². The number of nitrogens with zero attached hydrogens (tertiary/aromatic N) is 2. The van der Waals surface area contributed by atoms with Crippen LogP contribution in [0.25, 0.3) is 0 Å². The lowest BCUT2D eigenvalue weighted by Gasteiger charge is -2.35. The summed E-state index contributed by atoms with van der Waals surface area (Å²) in [5, 5.41) is 5.90. The first-order chi connectivity index (χ1) is 21.8. The minimum absolute atomic E-state index is 0.00996. The van der Waals surface area contributed by atoms with Gasteiger partial charge in [-0.1, -0.05) is 60.4 Å². The Bertz CT molecular complexity index is 1600. The molecule has 0 unspecified atom stereocenters. The molecule has 11 nitrogen and oxygen atoms in total. The van der Waals surface area contributed by atoms with Gasteiger partial charge >= 0.3 is 18.2 Å². The van der Waals surface area contributed by atoms with Gasteiger partial charge in [-0.2, -0.15) is 0 Å². The molecule has 1 aliphatic heterocycles. The third-order valence-corrected chi connectivity index (χ3v) is 8.10. The Balaban J connectivity index is 1.94. The number of carbonyl (C=O) groups is 4. The molecule has 2 aromatic rings. The highest BCUT2D eigenvalue weighted by Gasteiger charge is 2.56. The molecule has 4 rings (SSSR count). The summed E-state index contributed by atoms with van der Waals surface area (Å²) in [5.74, 6) is -2.36. The molecule has 3 amide bonds. The van der Waals surface area contributed by atoms with Crippen LogP contribution in [0.2, 0.25) is 5.02 Å². The zero-order chi connectivity index (χ0) is 34.9. The van der Waals surface area contributed by atoms with Crippen LogP contribution in [0.3, 0.4) is 0 Å². The van der Waals surface area contributed by atoms with Crippen molar-refractivity contribution in [2.24, 2.45) is 10.4 Å². The van der Waals surface area contributed by atoms with Gasteiger partial charge in [0, 0.05) is 16.1 Å². The van der Waals surface area contributed by atoms with Gasteiger partial charge in [0.1, 0.15) is 23.6 Å². The van der Waals surface area contributed by atoms with Gasteiger partial charge in [0.2, 0.25) is 5.96 Å². The fourth-order valence-corrected chi connectivity index (χ4v) is 5.83. The van der Waals surface area contributed by atoms with Crippen molar-refractivity contribution in [3.8, 4) is 0 Å². The highest BCUT2D eigenvalue weighted by Crippen LogP contribution is 2.44. The van der Waals surface area contributed by atoms with E-state index in [1.54, 1.807) is 32.9 Å². The molecule has 1 aliphatic carbocycles. The topological polar surface area (TPSA) is 136 Å². The lowest BCUT2D eigenvalue weighted by atomic mass is 9.75. The molecular formula is C33H39BrClFN4O7. The maximum Gasteiger partial charge on any atom is 0.437 e. The minimum Gasteiger partial charge on any atom is -0.465 e. The van der Waals surface area contributed by atoms with Crippen molar-refractivity contribution in [1.29, 1.82) is 0 Å². The van der Waals surface area contributed by atoms with Gasteiger partial charge in [0.05, 0.1) is 23.7 Å². The first-order valence-electron chi connectivity index (χ1n) is 15.0. The summed E-state index contributed by atoms with van der Waals surface area (Å²) in [6, 6.07) is 7.53. The number of carbonyl (C=O) groups excluding carboxylic acids is 4. The predicted molar refractivity (Wildman–Crippen MR) is 177 cm³/mol. The molecule has 14 heteroatoms. The van der Waals surface area contributed by atoms with E-state index in [-0.39, 0.29) is 34.6 Å². The number of methoxy groups -OCH3 is 1. The molecule has 1 saturated heterocycles. The lowest BCUT2D eigenvalue weighted by molar-refractivity contribution is -0.135. The first kappa shape index (κ1) is 36.1. The second kappa shape index (κ2) is 13.8. The summed E-state index contributed by atoms with van der Waals surface area (Å²) in [6.45, 7) is 10.2. The van der Waals surface area contributed by atoms with Crippen molar-refractivity contribution in [3.63, 3.8) is 0 Å². The van der Waals surface area contributed by atoms with Crippen LogP contribution in [0, 0.1) is 11.2 Å². The van der Waals surface area contributed by atoms with Gasteiger partial charge in [-0.05, 0) is 75.3 Å². The van der Waals surface area contributed by atoms with Crippen molar-refractivity contribution in [2.75, 3.05) is 13.7 Å². The number of benzene rings is 2. The van der Waals surface area contributed by atoms with Gasteiger partial charge in [-0.25, -0.2) is 18.8 Å². The average Bonchev–Trinajstić information content (AvgIpc) is 3.72. The molecular weight excluding hydrogens is 699 g/mol. The molecule has 254 valence electrons. The minimum atomic E-state index is -1.77. The number of halogens is 3. The molecule has 2 fully saturated rings. The second-order valence-electron chi connectivity index (χ2n) is 13.7. The van der Waals surface area contributed by atoms with E-state index in [1.165, 1.54) is 31.4 Å². The molecule has 0 bridgehead atoms. The summed E-state index contributed by atoms with van der Waals surface area (Å²) in [4.78, 5) is 58.8. The fraction of sp³-hybridized carbons (Fsp3) is 0.485. The highest BCUT2D eigenvalue weighted by molar-refractivity contribution is 9.10. The number of hydrogen-bond acceptors (Lipinski definition) is 7. The molecule has 0 aromatic heterocycles. The number of nitrogens with one attached hydrogen (secondary N) is 2. The zero-order valence-electron chi connectivity index (χ0n) is 27.3. The van der Waals surface area contributed by atoms with Crippen LogP contribution in [0.5, 0.6) is 0 Å². The van der Waals surface area contributed by atoms with E-state index in [1.807, 2.05) is 20.8 Å². The molecule has 2 atom stereocenters. The number of alkyl carbamates (subject to hydrolysis) is 1. The molecule has 2 aromatic carbocycles. The molecule has 2 N–H and O–H groups in total. The molecule has 0 spiro atoms. The van der Waals surface area contributed by atoms with Crippen LogP contribution in [-0.4, -0.2) is 60.3 Å². The summed E-state index contributed by atoms with van der Waals surface area (Å²) in [5.41, 5.74) is -2.96. The van der Waals surface area contributed by atoms with Crippen molar-refractivity contribution in [2.45, 2.75) is 84.0 Å². The monoisotopic (exact) mass is 736 g/mol. The van der Waals surface area contributed by atoms with Crippen LogP contribution in [-0.2, 0) is 24.5 Å². The van der Waals surface area contributed by atoms with Crippen molar-refractivity contribution in [1.82, 2.24) is 15.5 Å². The molecule has 1 heterocycles. The Morgan fingerprint density at radius 3 is 2.40 bits per heavy atom. The summed E-state index contributed by atoms with van der Waals surface area (Å²) >= 11 is 9.60. The van der Waals surface area contributed by atoms with E-state index in [4.69, 9.17) is 25.8 Å². The maximum atomic E-state index is 15.8. The Labute approximate surface area is 286 Å². The Morgan fingerprint density at radius 2 is 1.83 bits per heavy atom. The maximum absolute atomic E-state index is 15.8. The zero-order valence-corrected chi connectivity index (χ0v) is 29.7. The number of ether oxygens (including phenoxy) is 3. The largest absolute Gasteiger partial charge is 0.465 e. The van der Waals surface area contributed by atoms with Crippen molar-refractivity contribution >= 4 is 57.6 Å². The van der Waals surface area contributed by atoms with E-state index in [9.17, 15) is 19.2 Å². The number of guanidine groups is 1. The Kier molecular flexibility index (Phi) is 10.6. The molecule has 0 radical (unpaired) electrons. The van der Waals surface area contributed by atoms with Crippen molar-refractivity contribution < 1.29 is 37.8 Å². The third kappa shape index (κ3) is 8.81. The average molecular weight is 738 g/mol. The number of aliphatic imine (C=N–C) groups is 1. The van der Waals surface area contributed by atoms with Crippen LogP contribution in [0.4, 0.5) is 14.0 Å². The summed E-state index contributed by atoms with van der Waals surface area (Å²) in [7, 11) is 1.20. The van der Waals surface area contributed by atoms with Gasteiger partial charge in [0.15, 0.2) is 0 Å². The van der Waals surface area contributed by atoms with Crippen LogP contribution >= 0.6 is 27.5 Å². The smallest absolute Gasteiger partial charge is 0.437 e. The number of rotatable bonds is 8. The Hall–Kier alpha value is -3.71. The predicted octanol–water partition coefficient (Wildman–Crippen LogP) is 7.01. The number of amides is 3. The summed E-state index contributed by atoms with van der Waals surface area (Å²) in [6.07, 6.45) is -0.0469. The van der Waals surface area contributed by atoms with E-state index in [0.717, 1.165) is 17.7 Å². The fourth-order valence-electron chi connectivity index (χ4n) is 5.30. The second-order valence-corrected chi connectivity index (χ2v) is 15.1.